The van der Waals surface area contributed by atoms with Gasteiger partial charge in [-0.25, -0.2) is 0 Å². The van der Waals surface area contributed by atoms with Crippen molar-refractivity contribution in [3.63, 3.8) is 0 Å². The Morgan fingerprint density at radius 1 is 0.958 bits per heavy atom. The van der Waals surface area contributed by atoms with Crippen molar-refractivity contribution in [1.29, 1.82) is 0 Å². The van der Waals surface area contributed by atoms with Gasteiger partial charge in [0.15, 0.2) is 0 Å². The molecule has 0 radical (unpaired) electrons. The molecule has 0 bridgehead atoms. The summed E-state index contributed by atoms with van der Waals surface area (Å²) in [7, 11) is -0.340. The fourth-order valence-electron chi connectivity index (χ4n) is 3.61. The molecule has 132 valence electrons. The molecule has 1 aliphatic carbocycles. The van der Waals surface area contributed by atoms with E-state index < -0.39 is 0 Å². The van der Waals surface area contributed by atoms with Crippen molar-refractivity contribution in [2.45, 2.75) is 58.4 Å². The number of unbranched alkanes of at least 4 members (excludes halogenated alkanes) is 2. The fraction of sp³-hybridized carbons (Fsp3) is 0.474. The maximum absolute atomic E-state index is 2.52. The average molecular weight is 438 g/mol. The van der Waals surface area contributed by atoms with Crippen molar-refractivity contribution >= 4 is 14.7 Å². The molecule has 24 heavy (non-hydrogen) atoms. The van der Waals surface area contributed by atoms with Crippen molar-refractivity contribution in [2.75, 3.05) is 0 Å². The van der Waals surface area contributed by atoms with E-state index in [1.165, 1.54) is 25.7 Å². The van der Waals surface area contributed by atoms with Crippen LogP contribution in [0, 0.1) is 0 Å². The molecule has 0 saturated heterocycles. The standard InChI is InChI=1S/C19H27Si.3ClH.Ti/c1-5-6-8-13-18-16(3)15(2)14-19(18,4)20-17-11-9-7-10-12-17;;;;/h7,9-12H,5-6,8,13,20H2,1-4H3;3*1H;/q;;;;+3/p-3. The van der Waals surface area contributed by atoms with Crippen molar-refractivity contribution in [3.8, 4) is 0 Å². The molecule has 0 nitrogen and oxygen atoms in total. The van der Waals surface area contributed by atoms with Crippen molar-refractivity contribution in [2.24, 2.45) is 0 Å². The third kappa shape index (κ3) is 5.76. The molecule has 2 rings (SSSR count). The van der Waals surface area contributed by atoms with Gasteiger partial charge in [0.2, 0.25) is 0 Å². The number of benzene rings is 1. The predicted octanol–water partition coefficient (Wildman–Crippen LogP) is -4.60. The molecule has 0 aliphatic heterocycles. The van der Waals surface area contributed by atoms with E-state index in [-0.39, 0.29) is 46.7 Å². The van der Waals surface area contributed by atoms with E-state index in [0.717, 1.165) is 0 Å². The smallest absolute Gasteiger partial charge is 1.00 e. The van der Waals surface area contributed by atoms with E-state index in [4.69, 9.17) is 0 Å². The molecule has 0 N–H and O–H groups in total. The molecule has 0 amide bonds. The second-order valence-corrected chi connectivity index (χ2v) is 9.92. The number of allylic oxidation sites excluding steroid dienone is 4. The van der Waals surface area contributed by atoms with Crippen LogP contribution in [0.1, 0.15) is 53.4 Å². The first kappa shape index (κ1) is 26.7. The number of rotatable bonds is 6. The van der Waals surface area contributed by atoms with Crippen LogP contribution < -0.4 is 42.4 Å². The Kier molecular flexibility index (Phi) is 13.4. The normalized spacial score (nSPS) is 20.1. The van der Waals surface area contributed by atoms with Gasteiger partial charge >= 0.3 is 144 Å². The van der Waals surface area contributed by atoms with Crippen LogP contribution in [-0.2, 0) is 20.4 Å². The minimum Gasteiger partial charge on any atom is -1.00 e. The first-order valence-electron chi connectivity index (χ1n) is 8.18. The van der Waals surface area contributed by atoms with Crippen LogP contribution >= 0.6 is 0 Å². The predicted molar refractivity (Wildman–Crippen MR) is 92.5 cm³/mol. The van der Waals surface area contributed by atoms with Gasteiger partial charge in [-0.15, -0.1) is 0 Å². The van der Waals surface area contributed by atoms with Crippen molar-refractivity contribution in [3.05, 3.63) is 50.9 Å². The van der Waals surface area contributed by atoms with Crippen LogP contribution in [0.2, 0.25) is 5.04 Å². The minimum atomic E-state index is -0.340. The van der Waals surface area contributed by atoms with Crippen molar-refractivity contribution < 1.29 is 57.7 Å². The summed E-state index contributed by atoms with van der Waals surface area (Å²) in [6.07, 6.45) is 5.32. The Balaban J connectivity index is 0. The first-order valence-corrected chi connectivity index (χ1v) is 10.4. The summed E-state index contributed by atoms with van der Waals surface area (Å²) >= 11 is 2.38. The average Bonchev–Trinajstić information content (AvgIpc) is 2.64. The maximum atomic E-state index is 2.52. The number of hydrogen-bond donors (Lipinski definition) is 0. The number of hydrogen-bond acceptors (Lipinski definition) is 0. The molecular formula is C19H27Cl3SiTi. The van der Waals surface area contributed by atoms with Crippen LogP contribution in [-0.4, -0.2) is 9.52 Å². The maximum Gasteiger partial charge on any atom is -1.00 e. The molecular weight excluding hydrogens is 411 g/mol. The molecule has 0 heterocycles. The van der Waals surface area contributed by atoms with Crippen LogP contribution in [0.25, 0.3) is 0 Å². The second kappa shape index (κ2) is 12.0. The molecule has 5 heteroatoms. The van der Waals surface area contributed by atoms with Gasteiger partial charge in [0.25, 0.3) is 0 Å². The van der Waals surface area contributed by atoms with Crippen LogP contribution in [0.4, 0.5) is 0 Å². The third-order valence-electron chi connectivity index (χ3n) is 5.04. The summed E-state index contributed by atoms with van der Waals surface area (Å²) in [4.78, 5) is 0. The van der Waals surface area contributed by atoms with E-state index in [1.807, 2.05) is 0 Å². The summed E-state index contributed by atoms with van der Waals surface area (Å²) in [5.74, 6) is 0. The van der Waals surface area contributed by atoms with E-state index in [1.54, 1.807) is 25.8 Å². The first-order chi connectivity index (χ1) is 10.0. The zero-order chi connectivity index (χ0) is 15.5. The molecule has 0 spiro atoms. The topological polar surface area (TPSA) is 0 Å². The van der Waals surface area contributed by atoms with Gasteiger partial charge in [-0.1, -0.05) is 0 Å². The minimum absolute atomic E-state index is 0. The van der Waals surface area contributed by atoms with Crippen molar-refractivity contribution in [1.82, 2.24) is 0 Å². The van der Waals surface area contributed by atoms with E-state index in [2.05, 4.69) is 78.5 Å². The van der Waals surface area contributed by atoms with E-state index >= 15 is 0 Å². The molecule has 1 aromatic rings. The van der Waals surface area contributed by atoms with Crippen LogP contribution in [0.3, 0.4) is 0 Å². The van der Waals surface area contributed by atoms with Gasteiger partial charge in [-0.3, -0.25) is 0 Å². The van der Waals surface area contributed by atoms with Crippen LogP contribution in [0.5, 0.6) is 0 Å². The SMILES string of the molecule is CCCCCC1=C(C)C(C)=[C]([Ti+3])C1(C)[SiH2]c1ccccc1.[Cl-].[Cl-].[Cl-]. The Hall–Kier alpha value is 0.501. The number of halogens is 3. The second-order valence-electron chi connectivity index (χ2n) is 6.56. The molecule has 1 unspecified atom stereocenters. The molecule has 1 atom stereocenters. The van der Waals surface area contributed by atoms with E-state index in [0.29, 0.717) is 5.04 Å². The third-order valence-corrected chi connectivity index (χ3v) is 9.41. The zero-order valence-corrected chi connectivity index (χ0v) is 20.3. The van der Waals surface area contributed by atoms with Gasteiger partial charge in [0.05, 0.1) is 0 Å². The van der Waals surface area contributed by atoms with E-state index in [9.17, 15) is 0 Å². The molecule has 0 aromatic heterocycles. The molecule has 1 aromatic carbocycles. The fourth-order valence-corrected chi connectivity index (χ4v) is 6.97. The van der Waals surface area contributed by atoms with Gasteiger partial charge in [-0.05, 0) is 0 Å². The molecule has 0 saturated carbocycles. The summed E-state index contributed by atoms with van der Waals surface area (Å²) in [6.45, 7) is 9.49. The Bertz CT molecular complexity index is 569. The van der Waals surface area contributed by atoms with Gasteiger partial charge in [0, 0.05) is 0 Å². The van der Waals surface area contributed by atoms with Gasteiger partial charge < -0.3 is 37.2 Å². The molecule has 1 aliphatic rings. The Morgan fingerprint density at radius 2 is 1.54 bits per heavy atom. The zero-order valence-electron chi connectivity index (χ0n) is 15.1. The Morgan fingerprint density at radius 3 is 2.08 bits per heavy atom. The quantitative estimate of drug-likeness (QED) is 0.310. The van der Waals surface area contributed by atoms with Gasteiger partial charge in [-0.2, -0.15) is 0 Å². The summed E-state index contributed by atoms with van der Waals surface area (Å²) in [5.41, 5.74) is 4.91. The summed E-state index contributed by atoms with van der Waals surface area (Å²) < 4.78 is 1.64. The molecule has 0 fully saturated rings. The Labute approximate surface area is 180 Å². The monoisotopic (exact) mass is 436 g/mol. The summed E-state index contributed by atoms with van der Waals surface area (Å²) in [6, 6.07) is 11.2. The largest absolute Gasteiger partial charge is 1.00 e. The van der Waals surface area contributed by atoms with Gasteiger partial charge in [0.1, 0.15) is 0 Å². The summed E-state index contributed by atoms with van der Waals surface area (Å²) in [5, 5.41) is 1.96. The van der Waals surface area contributed by atoms with Crippen LogP contribution in [0.15, 0.2) is 50.9 Å².